The second-order valence-corrected chi connectivity index (χ2v) is 10.9. The van der Waals surface area contributed by atoms with E-state index in [4.69, 9.17) is 0 Å². The maximum atomic E-state index is 12.9. The van der Waals surface area contributed by atoms with Gasteiger partial charge in [0.25, 0.3) is 0 Å². The van der Waals surface area contributed by atoms with Gasteiger partial charge in [0.1, 0.15) is 0 Å². The number of carbonyl (C=O) groups excluding carboxylic acids is 1. The number of carbonyl (C=O) groups is 1. The Labute approximate surface area is 187 Å². The topological polar surface area (TPSA) is 60.0 Å². The van der Waals surface area contributed by atoms with E-state index < -0.39 is 0 Å². The molecule has 2 N–H and O–H groups in total. The minimum Gasteiger partial charge on any atom is -0.355 e. The Morgan fingerprint density at radius 2 is 1.77 bits per heavy atom. The summed E-state index contributed by atoms with van der Waals surface area (Å²) in [4.78, 5) is 22.2. The summed E-state index contributed by atoms with van der Waals surface area (Å²) in [6, 6.07) is 0.314. The van der Waals surface area contributed by atoms with Gasteiger partial charge in [0.05, 0.1) is 0 Å². The number of rotatable bonds is 5. The molecule has 0 radical (unpaired) electrons. The van der Waals surface area contributed by atoms with Gasteiger partial charge in [-0.15, -0.1) is 0 Å². The van der Waals surface area contributed by atoms with E-state index in [0.29, 0.717) is 17.5 Å². The molecule has 0 bridgehead atoms. The maximum Gasteiger partial charge on any atom is 0.225 e. The smallest absolute Gasteiger partial charge is 0.225 e. The van der Waals surface area contributed by atoms with Crippen LogP contribution in [0.15, 0.2) is 4.99 Å². The first-order valence-electron chi connectivity index (χ1n) is 12.3. The summed E-state index contributed by atoms with van der Waals surface area (Å²) < 4.78 is 0. The van der Waals surface area contributed by atoms with E-state index in [1.807, 2.05) is 7.05 Å². The standard InChI is InChI=1S/C23H41N5OS/c1-24-22(25-18-23(10-5-6-11-23)28-13-15-30-16-14-28)26-20-9-12-27(17-20)21(29)19-7-3-2-4-8-19/h19-20H,2-18H2,1H3,(H2,24,25,26). The van der Waals surface area contributed by atoms with Crippen LogP contribution in [0.4, 0.5) is 0 Å². The predicted molar refractivity (Wildman–Crippen MR) is 126 cm³/mol. The molecule has 30 heavy (non-hydrogen) atoms. The number of guanidine groups is 1. The van der Waals surface area contributed by atoms with Gasteiger partial charge in [-0.2, -0.15) is 11.8 Å². The number of hydrogen-bond acceptors (Lipinski definition) is 4. The van der Waals surface area contributed by atoms with E-state index in [9.17, 15) is 4.79 Å². The predicted octanol–water partition coefficient (Wildman–Crippen LogP) is 2.69. The van der Waals surface area contributed by atoms with E-state index in [1.165, 1.54) is 69.5 Å². The van der Waals surface area contributed by atoms with Crippen molar-refractivity contribution in [3.63, 3.8) is 0 Å². The Hall–Kier alpha value is -0.950. The molecule has 1 amide bonds. The van der Waals surface area contributed by atoms with Crippen molar-refractivity contribution in [2.45, 2.75) is 75.8 Å². The van der Waals surface area contributed by atoms with E-state index in [-0.39, 0.29) is 5.92 Å². The fourth-order valence-corrected chi connectivity index (χ4v) is 6.90. The third kappa shape index (κ3) is 5.26. The summed E-state index contributed by atoms with van der Waals surface area (Å²) in [7, 11) is 1.87. The normalized spacial score (nSPS) is 28.6. The molecule has 0 aromatic heterocycles. The van der Waals surface area contributed by atoms with Gasteiger partial charge in [0.2, 0.25) is 5.91 Å². The number of likely N-dealkylation sites (tertiary alicyclic amines) is 1. The number of hydrogen-bond donors (Lipinski definition) is 2. The molecule has 2 aliphatic heterocycles. The van der Waals surface area contributed by atoms with Crippen LogP contribution in [0.25, 0.3) is 0 Å². The lowest BCUT2D eigenvalue weighted by Crippen LogP contribution is -2.58. The van der Waals surface area contributed by atoms with E-state index >= 15 is 0 Å². The van der Waals surface area contributed by atoms with Crippen molar-refractivity contribution in [1.29, 1.82) is 0 Å². The van der Waals surface area contributed by atoms with Crippen LogP contribution in [0.5, 0.6) is 0 Å². The lowest BCUT2D eigenvalue weighted by Gasteiger charge is -2.43. The van der Waals surface area contributed by atoms with Crippen LogP contribution in [0, 0.1) is 5.92 Å². The Bertz CT molecular complexity index is 594. The third-order valence-corrected chi connectivity index (χ3v) is 8.76. The Kier molecular flexibility index (Phi) is 7.85. The van der Waals surface area contributed by atoms with Gasteiger partial charge >= 0.3 is 0 Å². The number of thioether (sulfide) groups is 1. The summed E-state index contributed by atoms with van der Waals surface area (Å²) in [5.41, 5.74) is 0.303. The van der Waals surface area contributed by atoms with Crippen LogP contribution >= 0.6 is 11.8 Å². The minimum absolute atomic E-state index is 0.278. The first-order chi connectivity index (χ1) is 14.7. The van der Waals surface area contributed by atoms with Crippen LogP contribution in [0.2, 0.25) is 0 Å². The Morgan fingerprint density at radius 1 is 1.03 bits per heavy atom. The molecule has 4 fully saturated rings. The molecule has 2 heterocycles. The van der Waals surface area contributed by atoms with Gasteiger partial charge in [-0.05, 0) is 32.1 Å². The molecule has 7 heteroatoms. The van der Waals surface area contributed by atoms with Crippen molar-refractivity contribution in [2.75, 3.05) is 51.3 Å². The van der Waals surface area contributed by atoms with Gasteiger partial charge in [-0.3, -0.25) is 14.7 Å². The summed E-state index contributed by atoms with van der Waals surface area (Å²) in [5.74, 6) is 4.11. The highest BCUT2D eigenvalue weighted by Gasteiger charge is 2.40. The number of nitrogens with zero attached hydrogens (tertiary/aromatic N) is 3. The van der Waals surface area contributed by atoms with Crippen molar-refractivity contribution < 1.29 is 4.79 Å². The molecular weight excluding hydrogens is 394 g/mol. The molecule has 1 atom stereocenters. The van der Waals surface area contributed by atoms with Crippen molar-refractivity contribution >= 4 is 23.6 Å². The molecule has 2 aliphatic carbocycles. The molecule has 4 aliphatic rings. The zero-order valence-electron chi connectivity index (χ0n) is 18.8. The number of aliphatic imine (C=N–C) groups is 1. The van der Waals surface area contributed by atoms with Crippen molar-refractivity contribution in [3.8, 4) is 0 Å². The van der Waals surface area contributed by atoms with E-state index in [1.54, 1.807) is 0 Å². The molecular formula is C23H41N5OS. The summed E-state index contributed by atoms with van der Waals surface area (Å²) in [6.07, 6.45) is 12.2. The third-order valence-electron chi connectivity index (χ3n) is 7.82. The lowest BCUT2D eigenvalue weighted by atomic mass is 9.88. The Balaban J connectivity index is 1.27. The monoisotopic (exact) mass is 435 g/mol. The van der Waals surface area contributed by atoms with Crippen molar-refractivity contribution in [3.05, 3.63) is 0 Å². The minimum atomic E-state index is 0.278. The average molecular weight is 436 g/mol. The average Bonchev–Trinajstić information content (AvgIpc) is 3.48. The first kappa shape index (κ1) is 22.3. The van der Waals surface area contributed by atoms with E-state index in [2.05, 4.69) is 37.2 Å². The fraction of sp³-hybridized carbons (Fsp3) is 0.913. The van der Waals surface area contributed by atoms with Crippen molar-refractivity contribution in [1.82, 2.24) is 20.4 Å². The molecule has 0 spiro atoms. The van der Waals surface area contributed by atoms with Gasteiger partial charge in [0, 0.05) is 68.8 Å². The largest absolute Gasteiger partial charge is 0.355 e. The number of nitrogens with one attached hydrogen (secondary N) is 2. The van der Waals surface area contributed by atoms with Crippen LogP contribution < -0.4 is 10.6 Å². The second kappa shape index (κ2) is 10.6. The van der Waals surface area contributed by atoms with Crippen LogP contribution in [-0.2, 0) is 4.79 Å². The number of amides is 1. The molecule has 4 rings (SSSR count). The summed E-state index contributed by atoms with van der Waals surface area (Å²) in [5, 5.41) is 7.29. The van der Waals surface area contributed by atoms with E-state index in [0.717, 1.165) is 44.9 Å². The zero-order chi connectivity index (χ0) is 20.8. The maximum absolute atomic E-state index is 12.9. The van der Waals surface area contributed by atoms with Crippen LogP contribution in [0.3, 0.4) is 0 Å². The molecule has 2 saturated heterocycles. The Morgan fingerprint density at radius 3 is 2.47 bits per heavy atom. The molecule has 0 aromatic carbocycles. The molecule has 2 saturated carbocycles. The van der Waals surface area contributed by atoms with Crippen LogP contribution in [0.1, 0.15) is 64.2 Å². The second-order valence-electron chi connectivity index (χ2n) is 9.71. The highest BCUT2D eigenvalue weighted by Crippen LogP contribution is 2.36. The fourth-order valence-electron chi connectivity index (χ4n) is 6.00. The lowest BCUT2D eigenvalue weighted by molar-refractivity contribution is -0.135. The van der Waals surface area contributed by atoms with Crippen molar-refractivity contribution in [2.24, 2.45) is 10.9 Å². The molecule has 6 nitrogen and oxygen atoms in total. The summed E-state index contributed by atoms with van der Waals surface area (Å²) >= 11 is 2.09. The first-order valence-corrected chi connectivity index (χ1v) is 13.4. The highest BCUT2D eigenvalue weighted by atomic mass is 32.2. The van der Waals surface area contributed by atoms with Gasteiger partial charge < -0.3 is 15.5 Å². The SMILES string of the molecule is CN=C(NCC1(N2CCSCC2)CCCC1)NC1CCN(C(=O)C2CCCCC2)C1. The molecule has 170 valence electrons. The zero-order valence-corrected chi connectivity index (χ0v) is 19.7. The van der Waals surface area contributed by atoms with Gasteiger partial charge in [0.15, 0.2) is 5.96 Å². The van der Waals surface area contributed by atoms with Gasteiger partial charge in [-0.1, -0.05) is 32.1 Å². The molecule has 1 unspecified atom stereocenters. The van der Waals surface area contributed by atoms with Gasteiger partial charge in [-0.25, -0.2) is 0 Å². The molecule has 0 aromatic rings. The summed E-state index contributed by atoms with van der Waals surface area (Å²) in [6.45, 7) is 5.14. The quantitative estimate of drug-likeness (QED) is 0.514. The van der Waals surface area contributed by atoms with Crippen LogP contribution in [-0.4, -0.2) is 84.5 Å². The highest BCUT2D eigenvalue weighted by molar-refractivity contribution is 7.99.